The molecule has 0 saturated heterocycles. The zero-order valence-electron chi connectivity index (χ0n) is 8.54. The number of aliphatic hydroxyl groups excluding tert-OH is 1. The van der Waals surface area contributed by atoms with Gasteiger partial charge in [-0.05, 0) is 12.5 Å². The first-order valence-electron chi connectivity index (χ1n) is 4.75. The van der Waals surface area contributed by atoms with E-state index in [9.17, 15) is 14.6 Å². The quantitative estimate of drug-likeness (QED) is 0.756. The van der Waals surface area contributed by atoms with Crippen molar-refractivity contribution in [3.8, 4) is 0 Å². The van der Waals surface area contributed by atoms with E-state index in [-0.39, 0.29) is 13.0 Å². The molecule has 0 bridgehead atoms. The highest BCUT2D eigenvalue weighted by Crippen LogP contribution is 2.47. The van der Waals surface area contributed by atoms with E-state index in [2.05, 4.69) is 4.52 Å². The summed E-state index contributed by atoms with van der Waals surface area (Å²) in [7, 11) is -3.89. The largest absolute Gasteiger partial charge is 0.380 e. The Bertz CT molecular complexity index is 339. The molecule has 0 aliphatic rings. The molecule has 2 atom stereocenters. The second kappa shape index (κ2) is 5.42. The summed E-state index contributed by atoms with van der Waals surface area (Å²) in [4.78, 5) is 9.33. The van der Waals surface area contributed by atoms with Gasteiger partial charge in [0.25, 0.3) is 0 Å². The molecule has 0 aliphatic carbocycles. The molecule has 2 N–H and O–H groups in total. The van der Waals surface area contributed by atoms with Crippen LogP contribution in [-0.2, 0) is 15.5 Å². The van der Waals surface area contributed by atoms with Gasteiger partial charge in [0.2, 0.25) is 0 Å². The Labute approximate surface area is 89.1 Å². The first-order chi connectivity index (χ1) is 7.06. The Morgan fingerprint density at radius 2 is 2.00 bits per heavy atom. The first kappa shape index (κ1) is 12.4. The lowest BCUT2D eigenvalue weighted by Crippen LogP contribution is -2.13. The van der Waals surface area contributed by atoms with Crippen molar-refractivity contribution in [2.75, 3.05) is 6.61 Å². The topological polar surface area (TPSA) is 66.8 Å². The van der Waals surface area contributed by atoms with Gasteiger partial charge in [-0.15, -0.1) is 0 Å². The van der Waals surface area contributed by atoms with Crippen molar-refractivity contribution in [3.05, 3.63) is 35.9 Å². The number of benzene rings is 1. The summed E-state index contributed by atoms with van der Waals surface area (Å²) in [5.74, 6) is -1.36. The minimum atomic E-state index is -3.89. The van der Waals surface area contributed by atoms with E-state index in [0.717, 1.165) is 5.56 Å². The van der Waals surface area contributed by atoms with Crippen LogP contribution in [0, 0.1) is 0 Å². The summed E-state index contributed by atoms with van der Waals surface area (Å²) >= 11 is 0. The fraction of sp³-hybridized carbons (Fsp3) is 0.400. The fourth-order valence-electron chi connectivity index (χ4n) is 1.21. The summed E-state index contributed by atoms with van der Waals surface area (Å²) in [6.45, 7) is 1.72. The van der Waals surface area contributed by atoms with Crippen LogP contribution in [0.4, 0.5) is 0 Å². The zero-order valence-corrected chi connectivity index (χ0v) is 9.43. The van der Waals surface area contributed by atoms with E-state index < -0.39 is 13.4 Å². The maximum atomic E-state index is 11.4. The standard InChI is InChI=1S/C10H15O4P/c1-2-14-15(12,13)10(11)8-9-6-4-3-5-7-9/h3-7,10-11H,2,8H2,1H3,(H,12,13). The van der Waals surface area contributed by atoms with Crippen LogP contribution in [0.3, 0.4) is 0 Å². The van der Waals surface area contributed by atoms with Crippen LogP contribution in [0.1, 0.15) is 12.5 Å². The minimum Gasteiger partial charge on any atom is -0.380 e. The van der Waals surface area contributed by atoms with Crippen LogP contribution in [0.2, 0.25) is 0 Å². The molecular weight excluding hydrogens is 215 g/mol. The fourth-order valence-corrected chi connectivity index (χ4v) is 2.19. The summed E-state index contributed by atoms with van der Waals surface area (Å²) in [5, 5.41) is 9.52. The summed E-state index contributed by atoms with van der Waals surface area (Å²) < 4.78 is 16.0. The first-order valence-corrected chi connectivity index (χ1v) is 6.40. The van der Waals surface area contributed by atoms with E-state index in [1.54, 1.807) is 19.1 Å². The Kier molecular flexibility index (Phi) is 4.48. The Morgan fingerprint density at radius 3 is 2.53 bits per heavy atom. The zero-order chi connectivity index (χ0) is 11.3. The van der Waals surface area contributed by atoms with Gasteiger partial charge in [0.15, 0.2) is 5.85 Å². The van der Waals surface area contributed by atoms with E-state index in [0.29, 0.717) is 0 Å². The number of rotatable bonds is 5. The molecule has 1 aromatic rings. The van der Waals surface area contributed by atoms with Crippen molar-refractivity contribution in [1.29, 1.82) is 0 Å². The highest BCUT2D eigenvalue weighted by molar-refractivity contribution is 7.53. The second-order valence-corrected chi connectivity index (χ2v) is 5.13. The van der Waals surface area contributed by atoms with Crippen molar-refractivity contribution in [2.45, 2.75) is 19.2 Å². The maximum Gasteiger partial charge on any atom is 0.356 e. The molecular formula is C10H15O4P. The number of hydrogen-bond acceptors (Lipinski definition) is 3. The SMILES string of the molecule is CCOP(=O)(O)C(O)Cc1ccccc1. The summed E-state index contributed by atoms with van der Waals surface area (Å²) in [6, 6.07) is 9.04. The third kappa shape index (κ3) is 3.76. The van der Waals surface area contributed by atoms with Gasteiger partial charge in [-0.1, -0.05) is 30.3 Å². The molecule has 4 nitrogen and oxygen atoms in total. The molecule has 0 aromatic heterocycles. The van der Waals surface area contributed by atoms with Crippen LogP contribution in [0.5, 0.6) is 0 Å². The molecule has 2 unspecified atom stereocenters. The molecule has 1 rings (SSSR count). The van der Waals surface area contributed by atoms with Crippen molar-refractivity contribution in [3.63, 3.8) is 0 Å². The molecule has 84 valence electrons. The third-order valence-electron chi connectivity index (χ3n) is 1.95. The van der Waals surface area contributed by atoms with E-state index >= 15 is 0 Å². The molecule has 1 aromatic carbocycles. The number of hydrogen-bond donors (Lipinski definition) is 2. The molecule has 0 amide bonds. The molecule has 5 heteroatoms. The van der Waals surface area contributed by atoms with Gasteiger partial charge in [-0.3, -0.25) is 4.57 Å². The van der Waals surface area contributed by atoms with Gasteiger partial charge >= 0.3 is 7.60 Å². The molecule has 0 heterocycles. The molecule has 0 saturated carbocycles. The summed E-state index contributed by atoms with van der Waals surface area (Å²) in [6.07, 6.45) is 0.120. The van der Waals surface area contributed by atoms with E-state index in [1.165, 1.54) is 0 Å². The predicted octanol–water partition coefficient (Wildman–Crippen LogP) is 1.77. The molecule has 0 radical (unpaired) electrons. The number of aliphatic hydroxyl groups is 1. The Balaban J connectivity index is 2.63. The average molecular weight is 230 g/mol. The van der Waals surface area contributed by atoms with Crippen LogP contribution < -0.4 is 0 Å². The van der Waals surface area contributed by atoms with Crippen molar-refractivity contribution >= 4 is 7.60 Å². The monoisotopic (exact) mass is 230 g/mol. The Hall–Kier alpha value is -0.670. The predicted molar refractivity (Wildman–Crippen MR) is 57.6 cm³/mol. The van der Waals surface area contributed by atoms with Gasteiger partial charge in [-0.25, -0.2) is 0 Å². The van der Waals surface area contributed by atoms with Gasteiger partial charge < -0.3 is 14.5 Å². The average Bonchev–Trinajstić information content (AvgIpc) is 2.19. The highest BCUT2D eigenvalue weighted by atomic mass is 31.2. The van der Waals surface area contributed by atoms with Crippen LogP contribution >= 0.6 is 7.60 Å². The van der Waals surface area contributed by atoms with Crippen LogP contribution in [-0.4, -0.2) is 22.5 Å². The van der Waals surface area contributed by atoms with Crippen LogP contribution in [0.25, 0.3) is 0 Å². The van der Waals surface area contributed by atoms with E-state index in [1.807, 2.05) is 18.2 Å². The van der Waals surface area contributed by atoms with Crippen LogP contribution in [0.15, 0.2) is 30.3 Å². The van der Waals surface area contributed by atoms with Gasteiger partial charge in [0.05, 0.1) is 6.61 Å². The maximum absolute atomic E-state index is 11.4. The van der Waals surface area contributed by atoms with Gasteiger partial charge in [0, 0.05) is 6.42 Å². The lowest BCUT2D eigenvalue weighted by molar-refractivity contribution is 0.176. The van der Waals surface area contributed by atoms with Gasteiger partial charge in [0.1, 0.15) is 0 Å². The highest BCUT2D eigenvalue weighted by Gasteiger charge is 2.29. The van der Waals surface area contributed by atoms with Gasteiger partial charge in [-0.2, -0.15) is 0 Å². The lowest BCUT2D eigenvalue weighted by Gasteiger charge is -2.17. The normalized spacial score (nSPS) is 17.0. The minimum absolute atomic E-state index is 0.111. The molecule has 0 spiro atoms. The molecule has 0 aliphatic heterocycles. The van der Waals surface area contributed by atoms with E-state index in [4.69, 9.17) is 0 Å². The lowest BCUT2D eigenvalue weighted by atomic mass is 10.2. The third-order valence-corrected chi connectivity index (χ3v) is 3.52. The molecule has 0 fully saturated rings. The van der Waals surface area contributed by atoms with Crippen molar-refractivity contribution in [1.82, 2.24) is 0 Å². The smallest absolute Gasteiger partial charge is 0.356 e. The summed E-state index contributed by atoms with van der Waals surface area (Å²) in [5.41, 5.74) is 0.805. The second-order valence-electron chi connectivity index (χ2n) is 3.15. The Morgan fingerprint density at radius 1 is 1.40 bits per heavy atom. The van der Waals surface area contributed by atoms with Crippen molar-refractivity contribution < 1.29 is 19.1 Å². The van der Waals surface area contributed by atoms with Crippen molar-refractivity contribution in [2.24, 2.45) is 0 Å². The molecule has 15 heavy (non-hydrogen) atoms.